The number of aromatic nitrogens is 2. The van der Waals surface area contributed by atoms with E-state index >= 15 is 0 Å². The van der Waals surface area contributed by atoms with Crippen molar-refractivity contribution < 1.29 is 4.39 Å². The SMILES string of the molecule is CC.Cc1ccc(Cn2ccc3c(N4CC(C)N(Cc5cccc(F)c5)C(C)C4)ccnc32)cc1. The number of halogens is 1. The molecular weight excluding hydrogens is 435 g/mol. The predicted octanol–water partition coefficient (Wildman–Crippen LogP) is 6.66. The van der Waals surface area contributed by atoms with E-state index in [2.05, 4.69) is 77.7 Å². The van der Waals surface area contributed by atoms with Crippen molar-refractivity contribution in [1.29, 1.82) is 0 Å². The number of hydrogen-bond donors (Lipinski definition) is 0. The normalized spacial score (nSPS) is 18.4. The molecule has 0 radical (unpaired) electrons. The number of piperazine rings is 1. The number of nitrogens with zero attached hydrogens (tertiary/aromatic N) is 4. The molecule has 0 bridgehead atoms. The summed E-state index contributed by atoms with van der Waals surface area (Å²) in [6.45, 7) is 14.1. The van der Waals surface area contributed by atoms with Crippen LogP contribution in [0.4, 0.5) is 10.1 Å². The van der Waals surface area contributed by atoms with Crippen molar-refractivity contribution in [2.24, 2.45) is 0 Å². The van der Waals surface area contributed by atoms with Crippen LogP contribution in [0.15, 0.2) is 73.1 Å². The van der Waals surface area contributed by atoms with E-state index in [1.165, 1.54) is 28.3 Å². The summed E-state index contributed by atoms with van der Waals surface area (Å²) in [5.74, 6) is -0.166. The summed E-state index contributed by atoms with van der Waals surface area (Å²) in [6, 6.07) is 20.7. The Balaban J connectivity index is 0.00000141. The molecule has 4 aromatic rings. The quantitative estimate of drug-likeness (QED) is 0.325. The molecular formula is C30H37FN4. The van der Waals surface area contributed by atoms with E-state index in [4.69, 9.17) is 4.98 Å². The van der Waals surface area contributed by atoms with Gasteiger partial charge in [-0.3, -0.25) is 4.90 Å². The summed E-state index contributed by atoms with van der Waals surface area (Å²) < 4.78 is 15.9. The minimum atomic E-state index is -0.166. The maximum atomic E-state index is 13.7. The van der Waals surface area contributed by atoms with Gasteiger partial charge in [0.15, 0.2) is 0 Å². The highest BCUT2D eigenvalue weighted by Gasteiger charge is 2.30. The van der Waals surface area contributed by atoms with Crippen LogP contribution in [0.2, 0.25) is 0 Å². The molecule has 2 atom stereocenters. The van der Waals surface area contributed by atoms with Crippen LogP contribution in [0.25, 0.3) is 11.0 Å². The van der Waals surface area contributed by atoms with Crippen LogP contribution in [0, 0.1) is 12.7 Å². The Labute approximate surface area is 209 Å². The van der Waals surface area contributed by atoms with Gasteiger partial charge < -0.3 is 9.47 Å². The Bertz CT molecular complexity index is 1230. The molecule has 1 fully saturated rings. The van der Waals surface area contributed by atoms with E-state index < -0.39 is 0 Å². The van der Waals surface area contributed by atoms with Gasteiger partial charge in [-0.2, -0.15) is 0 Å². The molecule has 0 N–H and O–H groups in total. The molecule has 5 rings (SSSR count). The van der Waals surface area contributed by atoms with Crippen LogP contribution in [-0.2, 0) is 13.1 Å². The molecule has 2 aromatic heterocycles. The van der Waals surface area contributed by atoms with Crippen molar-refractivity contribution in [3.63, 3.8) is 0 Å². The maximum Gasteiger partial charge on any atom is 0.142 e. The molecule has 1 aliphatic rings. The predicted molar refractivity (Wildman–Crippen MR) is 144 cm³/mol. The molecule has 35 heavy (non-hydrogen) atoms. The summed E-state index contributed by atoms with van der Waals surface area (Å²) in [5.41, 5.74) is 5.85. The van der Waals surface area contributed by atoms with Crippen molar-refractivity contribution in [3.05, 3.63) is 95.6 Å². The van der Waals surface area contributed by atoms with Gasteiger partial charge >= 0.3 is 0 Å². The van der Waals surface area contributed by atoms with Crippen molar-refractivity contribution in [2.75, 3.05) is 18.0 Å². The summed E-state index contributed by atoms with van der Waals surface area (Å²) in [4.78, 5) is 9.68. The molecule has 3 heterocycles. The lowest BCUT2D eigenvalue weighted by atomic mass is 10.0. The van der Waals surface area contributed by atoms with Gasteiger partial charge in [0.05, 0.1) is 0 Å². The first-order chi connectivity index (χ1) is 17.0. The summed E-state index contributed by atoms with van der Waals surface area (Å²) in [6.07, 6.45) is 4.08. The van der Waals surface area contributed by atoms with E-state index in [0.29, 0.717) is 12.1 Å². The van der Waals surface area contributed by atoms with Crippen LogP contribution in [0.3, 0.4) is 0 Å². The summed E-state index contributed by atoms with van der Waals surface area (Å²) >= 11 is 0. The van der Waals surface area contributed by atoms with Crippen molar-refractivity contribution in [3.8, 4) is 0 Å². The van der Waals surface area contributed by atoms with Gasteiger partial charge in [-0.05, 0) is 56.2 Å². The van der Waals surface area contributed by atoms with Gasteiger partial charge in [-0.15, -0.1) is 0 Å². The molecule has 184 valence electrons. The zero-order valence-corrected chi connectivity index (χ0v) is 21.6. The zero-order valence-electron chi connectivity index (χ0n) is 21.6. The van der Waals surface area contributed by atoms with E-state index in [9.17, 15) is 4.39 Å². The number of pyridine rings is 1. The maximum absolute atomic E-state index is 13.7. The summed E-state index contributed by atoms with van der Waals surface area (Å²) in [5, 5.41) is 1.20. The summed E-state index contributed by atoms with van der Waals surface area (Å²) in [7, 11) is 0. The standard InChI is InChI=1S/C28H31FN4.C2H6/c1-20-7-9-23(10-8-20)18-31-14-12-26-27(11-13-30-28(26)31)32-16-21(2)33(22(3)17-32)19-24-5-4-6-25(29)15-24;1-2/h4-15,21-22H,16-19H2,1-3H3;1-2H3. The second-order valence-corrected chi connectivity index (χ2v) is 9.40. The number of rotatable bonds is 5. The number of hydrogen-bond acceptors (Lipinski definition) is 3. The number of benzene rings is 2. The molecule has 2 unspecified atom stereocenters. The smallest absolute Gasteiger partial charge is 0.142 e. The lowest BCUT2D eigenvalue weighted by molar-refractivity contribution is 0.123. The van der Waals surface area contributed by atoms with Crippen LogP contribution in [-0.4, -0.2) is 39.6 Å². The van der Waals surface area contributed by atoms with Crippen LogP contribution in [0.1, 0.15) is 44.4 Å². The molecule has 0 amide bonds. The fourth-order valence-electron chi connectivity index (χ4n) is 5.08. The van der Waals surface area contributed by atoms with Gasteiger partial charge in [0.2, 0.25) is 0 Å². The average molecular weight is 473 g/mol. The van der Waals surface area contributed by atoms with Crippen molar-refractivity contribution in [2.45, 2.75) is 59.8 Å². The van der Waals surface area contributed by atoms with Crippen molar-refractivity contribution in [1.82, 2.24) is 14.5 Å². The Morgan fingerprint density at radius 3 is 2.29 bits per heavy atom. The van der Waals surface area contributed by atoms with Gasteiger partial charge in [-0.25, -0.2) is 9.37 Å². The number of aryl methyl sites for hydroxylation is 1. The molecule has 1 aliphatic heterocycles. The molecule has 0 aliphatic carbocycles. The highest BCUT2D eigenvalue weighted by molar-refractivity contribution is 5.90. The van der Waals surface area contributed by atoms with E-state index in [1.54, 1.807) is 12.1 Å². The minimum Gasteiger partial charge on any atom is -0.368 e. The second kappa shape index (κ2) is 11.0. The Hall–Kier alpha value is -3.18. The highest BCUT2D eigenvalue weighted by atomic mass is 19.1. The largest absolute Gasteiger partial charge is 0.368 e. The lowest BCUT2D eigenvalue weighted by Crippen LogP contribution is -2.56. The second-order valence-electron chi connectivity index (χ2n) is 9.40. The monoisotopic (exact) mass is 472 g/mol. The van der Waals surface area contributed by atoms with Crippen molar-refractivity contribution >= 4 is 16.7 Å². The van der Waals surface area contributed by atoms with Gasteiger partial charge in [0.1, 0.15) is 11.5 Å². The third kappa shape index (κ3) is 5.57. The molecule has 5 heteroatoms. The zero-order chi connectivity index (χ0) is 24.9. The number of fused-ring (bicyclic) bond motifs is 1. The Morgan fingerprint density at radius 1 is 0.886 bits per heavy atom. The number of anilines is 1. The highest BCUT2D eigenvalue weighted by Crippen LogP contribution is 2.30. The topological polar surface area (TPSA) is 24.3 Å². The Morgan fingerprint density at radius 2 is 1.60 bits per heavy atom. The third-order valence-corrected chi connectivity index (χ3v) is 6.81. The van der Waals surface area contributed by atoms with Gasteiger partial charge in [-0.1, -0.05) is 55.8 Å². The van der Waals surface area contributed by atoms with Gasteiger partial charge in [0, 0.05) is 61.7 Å². The first kappa shape index (κ1) is 24.9. The van der Waals surface area contributed by atoms with E-state index in [-0.39, 0.29) is 5.82 Å². The fourth-order valence-corrected chi connectivity index (χ4v) is 5.08. The van der Waals surface area contributed by atoms with Crippen LogP contribution < -0.4 is 4.90 Å². The van der Waals surface area contributed by atoms with Crippen LogP contribution >= 0.6 is 0 Å². The minimum absolute atomic E-state index is 0.166. The van der Waals surface area contributed by atoms with Crippen LogP contribution in [0.5, 0.6) is 0 Å². The first-order valence-corrected chi connectivity index (χ1v) is 12.7. The molecule has 2 aromatic carbocycles. The molecule has 1 saturated heterocycles. The lowest BCUT2D eigenvalue weighted by Gasteiger charge is -2.45. The third-order valence-electron chi connectivity index (χ3n) is 6.81. The molecule has 0 spiro atoms. The first-order valence-electron chi connectivity index (χ1n) is 12.7. The Kier molecular flexibility index (Phi) is 7.86. The fraction of sp³-hybridized carbons (Fsp3) is 0.367. The van der Waals surface area contributed by atoms with E-state index in [1.807, 2.05) is 26.1 Å². The average Bonchev–Trinajstić information content (AvgIpc) is 3.27. The molecule has 0 saturated carbocycles. The molecule has 4 nitrogen and oxygen atoms in total. The van der Waals surface area contributed by atoms with E-state index in [0.717, 1.165) is 37.4 Å². The van der Waals surface area contributed by atoms with Gasteiger partial charge in [0.25, 0.3) is 0 Å².